The first-order valence-corrected chi connectivity index (χ1v) is 8.29. The van der Waals surface area contributed by atoms with Crippen molar-refractivity contribution >= 4 is 37.8 Å². The molecule has 0 aliphatic carbocycles. The number of carbonyl (C=O) groups is 1. The normalized spacial score (nSPS) is 18.6. The van der Waals surface area contributed by atoms with Crippen molar-refractivity contribution in [2.75, 3.05) is 20.3 Å². The van der Waals surface area contributed by atoms with E-state index in [1.165, 1.54) is 7.11 Å². The highest BCUT2D eigenvalue weighted by atomic mass is 79.9. The summed E-state index contributed by atoms with van der Waals surface area (Å²) in [5.41, 5.74) is 1.30. The Bertz CT molecular complexity index is 484. The van der Waals surface area contributed by atoms with Gasteiger partial charge < -0.3 is 14.2 Å². The van der Waals surface area contributed by atoms with Crippen LogP contribution in [0.15, 0.2) is 16.6 Å². The van der Waals surface area contributed by atoms with Gasteiger partial charge in [0.25, 0.3) is 0 Å². The van der Waals surface area contributed by atoms with E-state index in [0.29, 0.717) is 23.2 Å². The van der Waals surface area contributed by atoms with Crippen molar-refractivity contribution in [2.45, 2.75) is 24.3 Å². The quantitative estimate of drug-likeness (QED) is 0.564. The van der Waals surface area contributed by atoms with Gasteiger partial charge in [0.15, 0.2) is 0 Å². The number of hydrogen-bond donors (Lipinski definition) is 0. The molecule has 1 atom stereocenters. The van der Waals surface area contributed by atoms with Crippen LogP contribution >= 0.6 is 31.9 Å². The van der Waals surface area contributed by atoms with Gasteiger partial charge in [-0.3, -0.25) is 0 Å². The number of rotatable bonds is 4. The summed E-state index contributed by atoms with van der Waals surface area (Å²) < 4.78 is 17.0. The molecule has 1 heterocycles. The molecule has 0 spiro atoms. The standard InChI is InChI=1S/C14H16Br2O4/c1-18-14(17)12-9(7-15)4-5-11(16)13(12)20-10-3-2-6-19-8-10/h4-5,10H,2-3,6-8H2,1H3/t10-/m1/s1. The number of ether oxygens (including phenoxy) is 3. The van der Waals surface area contributed by atoms with Gasteiger partial charge in [-0.1, -0.05) is 22.0 Å². The number of esters is 1. The number of halogens is 2. The molecule has 2 rings (SSSR count). The van der Waals surface area contributed by atoms with E-state index in [1.807, 2.05) is 12.1 Å². The Labute approximate surface area is 135 Å². The largest absolute Gasteiger partial charge is 0.486 e. The molecule has 0 bridgehead atoms. The van der Waals surface area contributed by atoms with Gasteiger partial charge in [-0.05, 0) is 40.4 Å². The molecule has 1 aromatic carbocycles. The fraction of sp³-hybridized carbons (Fsp3) is 0.500. The van der Waals surface area contributed by atoms with Gasteiger partial charge in [-0.15, -0.1) is 0 Å². The van der Waals surface area contributed by atoms with Crippen molar-refractivity contribution < 1.29 is 19.0 Å². The second kappa shape index (κ2) is 7.43. The monoisotopic (exact) mass is 406 g/mol. The predicted octanol–water partition coefficient (Wildman–Crippen LogP) is 3.69. The number of carbonyl (C=O) groups excluding carboxylic acids is 1. The zero-order chi connectivity index (χ0) is 14.5. The van der Waals surface area contributed by atoms with Crippen LogP contribution in [-0.2, 0) is 14.8 Å². The molecule has 0 N–H and O–H groups in total. The molecule has 1 aromatic rings. The Morgan fingerprint density at radius 3 is 2.90 bits per heavy atom. The van der Waals surface area contributed by atoms with Crippen LogP contribution in [0.25, 0.3) is 0 Å². The first-order chi connectivity index (χ1) is 9.67. The van der Waals surface area contributed by atoms with E-state index in [2.05, 4.69) is 31.9 Å². The molecule has 0 unspecified atom stereocenters. The van der Waals surface area contributed by atoms with E-state index in [0.717, 1.165) is 29.5 Å². The van der Waals surface area contributed by atoms with E-state index >= 15 is 0 Å². The van der Waals surface area contributed by atoms with Gasteiger partial charge in [0.2, 0.25) is 0 Å². The lowest BCUT2D eigenvalue weighted by molar-refractivity contribution is 0.00628. The van der Waals surface area contributed by atoms with E-state index in [4.69, 9.17) is 14.2 Å². The Morgan fingerprint density at radius 2 is 2.30 bits per heavy atom. The molecule has 4 nitrogen and oxygen atoms in total. The van der Waals surface area contributed by atoms with Crippen molar-refractivity contribution in [3.63, 3.8) is 0 Å². The van der Waals surface area contributed by atoms with Gasteiger partial charge in [-0.2, -0.15) is 0 Å². The average Bonchev–Trinajstić information content (AvgIpc) is 2.49. The van der Waals surface area contributed by atoms with Crippen LogP contribution in [0, 0.1) is 0 Å². The molecule has 20 heavy (non-hydrogen) atoms. The Balaban J connectivity index is 2.35. The third kappa shape index (κ3) is 3.54. The number of benzene rings is 1. The van der Waals surface area contributed by atoms with Crippen molar-refractivity contribution in [3.05, 3.63) is 27.7 Å². The molecule has 1 fully saturated rings. The van der Waals surface area contributed by atoms with E-state index < -0.39 is 5.97 Å². The average molecular weight is 408 g/mol. The molecule has 1 aliphatic heterocycles. The van der Waals surface area contributed by atoms with Gasteiger partial charge in [0.05, 0.1) is 18.2 Å². The third-order valence-corrected chi connectivity index (χ3v) is 4.36. The minimum absolute atomic E-state index is 0.0333. The highest BCUT2D eigenvalue weighted by molar-refractivity contribution is 9.10. The molecule has 0 amide bonds. The lowest BCUT2D eigenvalue weighted by Crippen LogP contribution is -2.29. The second-order valence-electron chi connectivity index (χ2n) is 4.49. The van der Waals surface area contributed by atoms with Gasteiger partial charge >= 0.3 is 5.97 Å². The SMILES string of the molecule is COC(=O)c1c(CBr)ccc(Br)c1O[C@@H]1CCCOC1. The summed E-state index contributed by atoms with van der Waals surface area (Å²) in [6.07, 6.45) is 1.86. The number of alkyl halides is 1. The third-order valence-electron chi connectivity index (χ3n) is 3.13. The van der Waals surface area contributed by atoms with Crippen molar-refractivity contribution in [1.29, 1.82) is 0 Å². The summed E-state index contributed by atoms with van der Waals surface area (Å²) in [7, 11) is 1.37. The van der Waals surface area contributed by atoms with Gasteiger partial charge in [-0.25, -0.2) is 4.79 Å². The van der Waals surface area contributed by atoms with Crippen LogP contribution in [0.3, 0.4) is 0 Å². The maximum absolute atomic E-state index is 12.0. The summed E-state index contributed by atoms with van der Waals surface area (Å²) in [5, 5.41) is 0.558. The highest BCUT2D eigenvalue weighted by Gasteiger charge is 2.24. The first kappa shape index (κ1) is 15.8. The zero-order valence-corrected chi connectivity index (χ0v) is 14.3. The van der Waals surface area contributed by atoms with Gasteiger partial charge in [0.1, 0.15) is 17.4 Å². The molecule has 110 valence electrons. The minimum Gasteiger partial charge on any atom is -0.486 e. The molecular weight excluding hydrogens is 392 g/mol. The fourth-order valence-corrected chi connectivity index (χ4v) is 3.01. The number of hydrogen-bond acceptors (Lipinski definition) is 4. The van der Waals surface area contributed by atoms with Crippen LogP contribution in [0.5, 0.6) is 5.75 Å². The Hall–Kier alpha value is -0.590. The van der Waals surface area contributed by atoms with E-state index in [-0.39, 0.29) is 6.10 Å². The molecule has 0 radical (unpaired) electrons. The highest BCUT2D eigenvalue weighted by Crippen LogP contribution is 2.35. The van der Waals surface area contributed by atoms with E-state index in [1.54, 1.807) is 0 Å². The van der Waals surface area contributed by atoms with Crippen molar-refractivity contribution in [1.82, 2.24) is 0 Å². The molecule has 1 saturated heterocycles. The topological polar surface area (TPSA) is 44.8 Å². The van der Waals surface area contributed by atoms with E-state index in [9.17, 15) is 4.79 Å². The summed E-state index contributed by atoms with van der Waals surface area (Å²) in [4.78, 5) is 12.0. The lowest BCUT2D eigenvalue weighted by Gasteiger charge is -2.25. The van der Waals surface area contributed by atoms with Crippen molar-refractivity contribution in [2.24, 2.45) is 0 Å². The van der Waals surface area contributed by atoms with Gasteiger partial charge in [0, 0.05) is 11.9 Å². The summed E-state index contributed by atoms with van der Waals surface area (Å²) in [6.45, 7) is 1.32. The minimum atomic E-state index is -0.396. The van der Waals surface area contributed by atoms with Crippen molar-refractivity contribution in [3.8, 4) is 5.75 Å². The fourth-order valence-electron chi connectivity index (χ4n) is 2.12. The Morgan fingerprint density at radius 1 is 1.50 bits per heavy atom. The van der Waals surface area contributed by atoms with Crippen LogP contribution < -0.4 is 4.74 Å². The summed E-state index contributed by atoms with van der Waals surface area (Å²) in [6, 6.07) is 3.75. The van der Waals surface area contributed by atoms with Crippen LogP contribution in [-0.4, -0.2) is 32.4 Å². The van der Waals surface area contributed by atoms with Crippen LogP contribution in [0.4, 0.5) is 0 Å². The molecule has 0 aromatic heterocycles. The zero-order valence-electron chi connectivity index (χ0n) is 11.2. The first-order valence-electron chi connectivity index (χ1n) is 6.37. The second-order valence-corrected chi connectivity index (χ2v) is 5.91. The maximum Gasteiger partial charge on any atom is 0.342 e. The molecular formula is C14H16Br2O4. The number of methoxy groups -OCH3 is 1. The van der Waals surface area contributed by atoms with Crippen LogP contribution in [0.1, 0.15) is 28.8 Å². The van der Waals surface area contributed by atoms with Crippen LogP contribution in [0.2, 0.25) is 0 Å². The molecule has 0 saturated carbocycles. The smallest absolute Gasteiger partial charge is 0.342 e. The predicted molar refractivity (Wildman–Crippen MR) is 82.6 cm³/mol. The summed E-state index contributed by atoms with van der Waals surface area (Å²) in [5.74, 6) is 0.136. The molecule has 1 aliphatic rings. The summed E-state index contributed by atoms with van der Waals surface area (Å²) >= 11 is 6.83. The lowest BCUT2D eigenvalue weighted by atomic mass is 10.1. The maximum atomic E-state index is 12.0. The molecule has 6 heteroatoms. The Kier molecular flexibility index (Phi) is 5.86.